The molecular weight excluding hydrogens is 144 g/mol. The summed E-state index contributed by atoms with van der Waals surface area (Å²) in [4.78, 5) is 0. The second-order valence-corrected chi connectivity index (χ2v) is 6.57. The van der Waals surface area contributed by atoms with Crippen LogP contribution in [0.3, 0.4) is 0 Å². The average Bonchev–Trinajstić information content (AvgIpc) is 2.38. The molecule has 0 spiro atoms. The van der Waals surface area contributed by atoms with E-state index in [9.17, 15) is 5.11 Å². The molecule has 3 heteroatoms. The molecule has 0 aromatic carbocycles. The van der Waals surface area contributed by atoms with Crippen LogP contribution in [0.4, 0.5) is 0 Å². The molecule has 1 heterocycles. The smallest absolute Gasteiger partial charge is 0.0714 e. The summed E-state index contributed by atoms with van der Waals surface area (Å²) in [7, 11) is -0.797. The fourth-order valence-corrected chi connectivity index (χ4v) is 5.01. The SMILES string of the molecule is OCCC(O)[SiH]1CCCC1. The number of hydrogen-bond acceptors (Lipinski definition) is 2. The molecule has 1 aliphatic rings. The first kappa shape index (κ1) is 8.24. The maximum atomic E-state index is 9.45. The Morgan fingerprint density at radius 1 is 1.30 bits per heavy atom. The maximum absolute atomic E-state index is 9.45. The van der Waals surface area contributed by atoms with Crippen molar-refractivity contribution in [2.75, 3.05) is 6.61 Å². The van der Waals surface area contributed by atoms with Crippen molar-refractivity contribution in [1.29, 1.82) is 0 Å². The van der Waals surface area contributed by atoms with Gasteiger partial charge in [-0.25, -0.2) is 0 Å². The summed E-state index contributed by atoms with van der Waals surface area (Å²) in [5.74, 6) is 0. The van der Waals surface area contributed by atoms with Gasteiger partial charge in [-0.15, -0.1) is 0 Å². The Morgan fingerprint density at radius 2 is 1.90 bits per heavy atom. The molecule has 1 aliphatic heterocycles. The van der Waals surface area contributed by atoms with E-state index in [1.165, 1.54) is 24.9 Å². The van der Waals surface area contributed by atoms with E-state index in [0.717, 1.165) is 0 Å². The Balaban J connectivity index is 2.18. The highest BCUT2D eigenvalue weighted by atomic mass is 28.3. The lowest BCUT2D eigenvalue weighted by Crippen LogP contribution is -2.28. The van der Waals surface area contributed by atoms with Crippen LogP contribution in [0.1, 0.15) is 19.3 Å². The van der Waals surface area contributed by atoms with Gasteiger partial charge < -0.3 is 10.2 Å². The third-order valence-electron chi connectivity index (χ3n) is 2.37. The zero-order valence-electron chi connectivity index (χ0n) is 6.29. The highest BCUT2D eigenvalue weighted by Gasteiger charge is 2.23. The highest BCUT2D eigenvalue weighted by Crippen LogP contribution is 2.22. The van der Waals surface area contributed by atoms with Gasteiger partial charge in [0, 0.05) is 12.3 Å². The highest BCUT2D eigenvalue weighted by molar-refractivity contribution is 6.60. The van der Waals surface area contributed by atoms with E-state index in [1.54, 1.807) is 0 Å². The second kappa shape index (κ2) is 4.11. The largest absolute Gasteiger partial charge is 0.397 e. The lowest BCUT2D eigenvalue weighted by atomic mass is 10.4. The molecule has 0 aromatic rings. The van der Waals surface area contributed by atoms with Crippen molar-refractivity contribution in [1.82, 2.24) is 0 Å². The standard InChI is InChI=1S/C7H16O2Si/c8-4-3-7(9)10-5-1-2-6-10/h7-10H,1-6H2. The maximum Gasteiger partial charge on any atom is 0.0714 e. The normalized spacial score (nSPS) is 23.4. The number of hydrogen-bond donors (Lipinski definition) is 2. The van der Waals surface area contributed by atoms with Crippen molar-refractivity contribution in [3.05, 3.63) is 0 Å². The molecule has 2 N–H and O–H groups in total. The van der Waals surface area contributed by atoms with E-state index in [4.69, 9.17) is 5.11 Å². The van der Waals surface area contributed by atoms with Crippen LogP contribution in [0.15, 0.2) is 0 Å². The summed E-state index contributed by atoms with van der Waals surface area (Å²) in [6, 6.07) is 2.59. The van der Waals surface area contributed by atoms with Crippen LogP contribution >= 0.6 is 0 Å². The van der Waals surface area contributed by atoms with Crippen LogP contribution in [-0.4, -0.2) is 31.3 Å². The predicted molar refractivity (Wildman–Crippen MR) is 43.7 cm³/mol. The molecule has 2 nitrogen and oxygen atoms in total. The first-order valence-electron chi connectivity index (χ1n) is 4.13. The van der Waals surface area contributed by atoms with Crippen molar-refractivity contribution in [2.24, 2.45) is 0 Å². The van der Waals surface area contributed by atoms with Crippen molar-refractivity contribution in [3.63, 3.8) is 0 Å². The molecule has 0 aliphatic carbocycles. The van der Waals surface area contributed by atoms with Gasteiger partial charge in [-0.2, -0.15) is 0 Å². The summed E-state index contributed by atoms with van der Waals surface area (Å²) in [6.07, 6.45) is 3.26. The van der Waals surface area contributed by atoms with Gasteiger partial charge in [0.25, 0.3) is 0 Å². The summed E-state index contributed by atoms with van der Waals surface area (Å²) >= 11 is 0. The molecule has 1 unspecified atom stereocenters. The summed E-state index contributed by atoms with van der Waals surface area (Å²) < 4.78 is 0. The van der Waals surface area contributed by atoms with Crippen molar-refractivity contribution in [3.8, 4) is 0 Å². The minimum atomic E-state index is -0.797. The second-order valence-electron chi connectivity index (χ2n) is 3.12. The van der Waals surface area contributed by atoms with Crippen molar-refractivity contribution < 1.29 is 10.2 Å². The minimum absolute atomic E-state index is 0.104. The number of rotatable bonds is 3. The molecule has 1 saturated heterocycles. The van der Waals surface area contributed by atoms with Crippen LogP contribution in [0.5, 0.6) is 0 Å². The topological polar surface area (TPSA) is 40.5 Å². The molecule has 0 bridgehead atoms. The van der Waals surface area contributed by atoms with E-state index in [0.29, 0.717) is 6.42 Å². The minimum Gasteiger partial charge on any atom is -0.397 e. The summed E-state index contributed by atoms with van der Waals surface area (Å²) in [5.41, 5.74) is -0.104. The van der Waals surface area contributed by atoms with E-state index in [2.05, 4.69) is 0 Å². The third-order valence-corrected chi connectivity index (χ3v) is 6.09. The van der Waals surface area contributed by atoms with Gasteiger partial charge in [-0.1, -0.05) is 24.9 Å². The fourth-order valence-electron chi connectivity index (χ4n) is 1.71. The molecule has 1 fully saturated rings. The van der Waals surface area contributed by atoms with Gasteiger partial charge in [0.1, 0.15) is 0 Å². The first-order valence-corrected chi connectivity index (χ1v) is 6.43. The Hall–Kier alpha value is 0.137. The van der Waals surface area contributed by atoms with E-state index < -0.39 is 8.80 Å². The quantitative estimate of drug-likeness (QED) is 0.583. The lowest BCUT2D eigenvalue weighted by molar-refractivity contribution is 0.187. The Labute approximate surface area is 63.5 Å². The zero-order chi connectivity index (χ0) is 7.40. The monoisotopic (exact) mass is 160 g/mol. The van der Waals surface area contributed by atoms with Gasteiger partial charge in [-0.05, 0) is 6.42 Å². The number of aliphatic hydroxyl groups is 2. The van der Waals surface area contributed by atoms with E-state index in [1.807, 2.05) is 0 Å². The van der Waals surface area contributed by atoms with Crippen LogP contribution in [-0.2, 0) is 0 Å². The molecule has 1 atom stereocenters. The first-order chi connectivity index (χ1) is 4.84. The van der Waals surface area contributed by atoms with E-state index in [-0.39, 0.29) is 12.3 Å². The van der Waals surface area contributed by atoms with Gasteiger partial charge in [0.05, 0.1) is 8.80 Å². The predicted octanol–water partition coefficient (Wildman–Crippen LogP) is 0.290. The van der Waals surface area contributed by atoms with Gasteiger partial charge in [0.15, 0.2) is 0 Å². The van der Waals surface area contributed by atoms with Crippen LogP contribution in [0.25, 0.3) is 0 Å². The van der Waals surface area contributed by atoms with Crippen LogP contribution < -0.4 is 0 Å². The van der Waals surface area contributed by atoms with Gasteiger partial charge in [0.2, 0.25) is 0 Å². The van der Waals surface area contributed by atoms with E-state index >= 15 is 0 Å². The van der Waals surface area contributed by atoms with Crippen LogP contribution in [0.2, 0.25) is 12.1 Å². The molecule has 0 amide bonds. The average molecular weight is 160 g/mol. The molecular formula is C7H16O2Si. The van der Waals surface area contributed by atoms with Gasteiger partial charge >= 0.3 is 0 Å². The zero-order valence-corrected chi connectivity index (χ0v) is 7.45. The summed E-state index contributed by atoms with van der Waals surface area (Å²) in [5, 5.41) is 18.0. The van der Waals surface area contributed by atoms with Crippen LogP contribution in [0, 0.1) is 0 Å². The van der Waals surface area contributed by atoms with Crippen molar-refractivity contribution in [2.45, 2.75) is 37.1 Å². The molecule has 0 saturated carbocycles. The lowest BCUT2D eigenvalue weighted by Gasteiger charge is -2.13. The summed E-state index contributed by atoms with van der Waals surface area (Å²) in [6.45, 7) is 0.157. The molecule has 10 heavy (non-hydrogen) atoms. The third kappa shape index (κ3) is 2.07. The van der Waals surface area contributed by atoms with Gasteiger partial charge in [-0.3, -0.25) is 0 Å². The Morgan fingerprint density at radius 3 is 2.40 bits per heavy atom. The Bertz CT molecular complexity index is 91.6. The molecule has 1 rings (SSSR count). The molecule has 0 radical (unpaired) electrons. The molecule has 60 valence electrons. The number of aliphatic hydroxyl groups excluding tert-OH is 2. The van der Waals surface area contributed by atoms with Crippen molar-refractivity contribution >= 4 is 8.80 Å². The Kier molecular flexibility index (Phi) is 3.38. The molecule has 0 aromatic heterocycles. The fraction of sp³-hybridized carbons (Fsp3) is 1.00.